The van der Waals surface area contributed by atoms with Gasteiger partial charge in [0.25, 0.3) is 5.91 Å². The summed E-state index contributed by atoms with van der Waals surface area (Å²) in [5.41, 5.74) is 2.18. The summed E-state index contributed by atoms with van der Waals surface area (Å²) in [6.07, 6.45) is -1.16. The Bertz CT molecular complexity index is 1080. The maximum absolute atomic E-state index is 13.3. The number of hydrogen-bond acceptors (Lipinski definition) is 4. The first-order chi connectivity index (χ1) is 14.3. The summed E-state index contributed by atoms with van der Waals surface area (Å²) in [6.45, 7) is 2.55. The molecule has 1 atom stereocenters. The number of hydrogen-bond donors (Lipinski definition) is 0. The Hall–Kier alpha value is -2.91. The predicted octanol–water partition coefficient (Wildman–Crippen LogP) is 4.75. The molecule has 164 valence electrons. The third kappa shape index (κ3) is 4.28. The molecule has 3 heterocycles. The van der Waals surface area contributed by atoms with Crippen molar-refractivity contribution in [3.05, 3.63) is 65.7 Å². The largest absolute Gasteiger partial charge is 0.416 e. The van der Waals surface area contributed by atoms with Crippen LogP contribution < -0.4 is 4.90 Å². The van der Waals surface area contributed by atoms with Crippen LogP contribution in [-0.2, 0) is 17.5 Å². The van der Waals surface area contributed by atoms with Crippen LogP contribution in [0, 0.1) is 0 Å². The first kappa shape index (κ1) is 22.8. The summed E-state index contributed by atoms with van der Waals surface area (Å²) in [5, 5.41) is 4.38. The maximum atomic E-state index is 13.3. The normalized spacial score (nSPS) is 16.1. The average molecular weight is 453 g/mol. The first-order valence-corrected chi connectivity index (χ1v) is 9.30. The van der Waals surface area contributed by atoms with Crippen LogP contribution >= 0.6 is 12.4 Å². The number of benzene rings is 1. The van der Waals surface area contributed by atoms with Gasteiger partial charge in [-0.15, -0.1) is 12.4 Å². The predicted molar refractivity (Wildman–Crippen MR) is 111 cm³/mol. The van der Waals surface area contributed by atoms with E-state index in [1.54, 1.807) is 30.3 Å². The summed E-state index contributed by atoms with van der Waals surface area (Å²) in [4.78, 5) is 19.0. The number of ether oxygens (including phenoxy) is 1. The molecular formula is C21H20ClF3N4O2. The number of amides is 1. The number of alkyl halides is 3. The quantitative estimate of drug-likeness (QED) is 0.573. The summed E-state index contributed by atoms with van der Waals surface area (Å²) >= 11 is 0. The number of nitrogens with zero attached hydrogens (tertiary/aromatic N) is 4. The van der Waals surface area contributed by atoms with E-state index in [0.29, 0.717) is 35.8 Å². The van der Waals surface area contributed by atoms with Crippen molar-refractivity contribution in [2.45, 2.75) is 25.7 Å². The van der Waals surface area contributed by atoms with Crippen LogP contribution in [0.1, 0.15) is 34.7 Å². The van der Waals surface area contributed by atoms with Crippen LogP contribution in [0.15, 0.2) is 48.8 Å². The molecule has 0 saturated carbocycles. The van der Waals surface area contributed by atoms with Crippen LogP contribution in [0.25, 0.3) is 11.1 Å². The molecule has 0 aliphatic carbocycles. The van der Waals surface area contributed by atoms with Crippen LogP contribution in [0.4, 0.5) is 18.9 Å². The second kappa shape index (κ2) is 8.68. The van der Waals surface area contributed by atoms with Crippen molar-refractivity contribution in [2.24, 2.45) is 0 Å². The van der Waals surface area contributed by atoms with Crippen LogP contribution in [0.2, 0.25) is 0 Å². The smallest absolute Gasteiger partial charge is 0.378 e. The van der Waals surface area contributed by atoms with E-state index < -0.39 is 11.7 Å². The maximum Gasteiger partial charge on any atom is 0.416 e. The lowest BCUT2D eigenvalue weighted by atomic mass is 10.0. The molecule has 0 saturated heterocycles. The van der Waals surface area contributed by atoms with Gasteiger partial charge in [0.15, 0.2) is 0 Å². The standard InChI is InChI=1S/C21H19F3N4O2.ClH/c1-13-11-27(17-5-3-15(4-6-17)21(22,23)24)20(29)19-18(10-26-28(13)19)14-7-8-25-16(9-14)12-30-2;/h3-10,13H,11-12H2,1-2H3;1H/t13-;/m0./s1. The van der Waals surface area contributed by atoms with Crippen molar-refractivity contribution < 1.29 is 22.7 Å². The highest BCUT2D eigenvalue weighted by molar-refractivity contribution is 6.09. The van der Waals surface area contributed by atoms with Crippen molar-refractivity contribution in [1.82, 2.24) is 14.8 Å². The molecule has 1 aliphatic heterocycles. The van der Waals surface area contributed by atoms with Gasteiger partial charge in [0.1, 0.15) is 5.69 Å². The van der Waals surface area contributed by atoms with Gasteiger partial charge in [0, 0.05) is 31.1 Å². The zero-order chi connectivity index (χ0) is 21.5. The number of fused-ring (bicyclic) bond motifs is 1. The molecule has 1 aromatic carbocycles. The second-order valence-corrected chi connectivity index (χ2v) is 7.13. The summed E-state index contributed by atoms with van der Waals surface area (Å²) < 4.78 is 45.4. The Morgan fingerprint density at radius 1 is 1.19 bits per heavy atom. The van der Waals surface area contributed by atoms with E-state index in [9.17, 15) is 18.0 Å². The van der Waals surface area contributed by atoms with Gasteiger partial charge in [-0.05, 0) is 48.9 Å². The van der Waals surface area contributed by atoms with Crippen molar-refractivity contribution in [2.75, 3.05) is 18.6 Å². The first-order valence-electron chi connectivity index (χ1n) is 9.30. The molecule has 0 unspecified atom stereocenters. The van der Waals surface area contributed by atoms with Gasteiger partial charge >= 0.3 is 6.18 Å². The van der Waals surface area contributed by atoms with E-state index in [2.05, 4.69) is 10.1 Å². The fraction of sp³-hybridized carbons (Fsp3) is 0.286. The number of carbonyl (C=O) groups excluding carboxylic acids is 1. The minimum absolute atomic E-state index is 0. The van der Waals surface area contributed by atoms with Crippen molar-refractivity contribution in [3.8, 4) is 11.1 Å². The number of anilines is 1. The van der Waals surface area contributed by atoms with Crippen molar-refractivity contribution >= 4 is 24.0 Å². The topological polar surface area (TPSA) is 60.3 Å². The molecule has 0 radical (unpaired) electrons. The second-order valence-electron chi connectivity index (χ2n) is 7.13. The Morgan fingerprint density at radius 2 is 1.90 bits per heavy atom. The number of halogens is 4. The Balaban J connectivity index is 0.00000272. The molecule has 3 aromatic rings. The molecule has 1 amide bonds. The molecule has 1 aliphatic rings. The SMILES string of the molecule is COCc1cc(-c2cnn3c2C(=O)N(c2ccc(C(F)(F)F)cc2)C[C@@H]3C)ccn1.Cl. The van der Waals surface area contributed by atoms with Crippen molar-refractivity contribution in [3.63, 3.8) is 0 Å². The van der Waals surface area contributed by atoms with E-state index in [-0.39, 0.29) is 24.4 Å². The number of carbonyl (C=O) groups is 1. The summed E-state index contributed by atoms with van der Waals surface area (Å²) in [7, 11) is 1.57. The number of methoxy groups -OCH3 is 1. The molecule has 0 N–H and O–H groups in total. The van der Waals surface area contributed by atoms with Gasteiger partial charge in [-0.2, -0.15) is 18.3 Å². The third-order valence-electron chi connectivity index (χ3n) is 5.03. The molecule has 6 nitrogen and oxygen atoms in total. The highest BCUT2D eigenvalue weighted by Gasteiger charge is 2.35. The number of rotatable bonds is 4. The molecule has 0 bridgehead atoms. The van der Waals surface area contributed by atoms with Crippen LogP contribution in [0.3, 0.4) is 0 Å². The average Bonchev–Trinajstić information content (AvgIpc) is 3.17. The Morgan fingerprint density at radius 3 is 2.55 bits per heavy atom. The molecule has 10 heteroatoms. The molecule has 2 aromatic heterocycles. The van der Waals surface area contributed by atoms with Gasteiger partial charge in [0.2, 0.25) is 0 Å². The Kier molecular flexibility index (Phi) is 6.38. The number of pyridine rings is 1. The minimum Gasteiger partial charge on any atom is -0.378 e. The van der Waals surface area contributed by atoms with Gasteiger partial charge in [-0.3, -0.25) is 14.5 Å². The van der Waals surface area contributed by atoms with Gasteiger partial charge in [0.05, 0.1) is 30.1 Å². The summed E-state index contributed by atoms with van der Waals surface area (Å²) in [5.74, 6) is -0.314. The highest BCUT2D eigenvalue weighted by atomic mass is 35.5. The fourth-order valence-corrected chi connectivity index (χ4v) is 3.60. The molecule has 31 heavy (non-hydrogen) atoms. The third-order valence-corrected chi connectivity index (χ3v) is 5.03. The lowest BCUT2D eigenvalue weighted by Crippen LogP contribution is -2.42. The van der Waals surface area contributed by atoms with E-state index >= 15 is 0 Å². The molecule has 0 spiro atoms. The monoisotopic (exact) mass is 452 g/mol. The van der Waals surface area contributed by atoms with Crippen molar-refractivity contribution in [1.29, 1.82) is 0 Å². The van der Waals surface area contributed by atoms with Crippen LogP contribution in [0.5, 0.6) is 0 Å². The summed E-state index contributed by atoms with van der Waals surface area (Å²) in [6, 6.07) is 8.08. The minimum atomic E-state index is -4.43. The zero-order valence-corrected chi connectivity index (χ0v) is 17.6. The van der Waals surface area contributed by atoms with Gasteiger partial charge in [-0.1, -0.05) is 0 Å². The molecule has 0 fully saturated rings. The lowest BCUT2D eigenvalue weighted by Gasteiger charge is -2.32. The fourth-order valence-electron chi connectivity index (χ4n) is 3.60. The van der Waals surface area contributed by atoms with E-state index in [0.717, 1.165) is 17.7 Å². The van der Waals surface area contributed by atoms with E-state index in [1.165, 1.54) is 17.0 Å². The van der Waals surface area contributed by atoms with Crippen LogP contribution in [-0.4, -0.2) is 34.3 Å². The Labute approximate surface area is 183 Å². The van der Waals surface area contributed by atoms with E-state index in [1.807, 2.05) is 13.0 Å². The van der Waals surface area contributed by atoms with Gasteiger partial charge < -0.3 is 9.64 Å². The lowest BCUT2D eigenvalue weighted by molar-refractivity contribution is -0.137. The van der Waals surface area contributed by atoms with E-state index in [4.69, 9.17) is 4.74 Å². The molecule has 4 rings (SSSR count). The molecular weight excluding hydrogens is 433 g/mol. The number of aromatic nitrogens is 3. The van der Waals surface area contributed by atoms with Gasteiger partial charge in [-0.25, -0.2) is 0 Å². The zero-order valence-electron chi connectivity index (χ0n) is 16.8. The highest BCUT2D eigenvalue weighted by Crippen LogP contribution is 2.34.